The third-order valence-corrected chi connectivity index (χ3v) is 7.79. The summed E-state index contributed by atoms with van der Waals surface area (Å²) >= 11 is 20.8. The van der Waals surface area contributed by atoms with Crippen molar-refractivity contribution in [3.8, 4) is 11.1 Å². The quantitative estimate of drug-likeness (QED) is 0.379. The van der Waals surface area contributed by atoms with E-state index < -0.39 is 0 Å². The van der Waals surface area contributed by atoms with Crippen molar-refractivity contribution in [1.82, 2.24) is 9.80 Å². The molecule has 0 saturated carbocycles. The molecule has 4 nitrogen and oxygen atoms in total. The van der Waals surface area contributed by atoms with E-state index in [1.54, 1.807) is 28.4 Å². The maximum Gasteiger partial charge on any atom is 0.266 e. The Balaban J connectivity index is 1.41. The molecule has 1 aromatic heterocycles. The lowest BCUT2D eigenvalue weighted by Crippen LogP contribution is -2.38. The first-order chi connectivity index (χ1) is 14.5. The van der Waals surface area contributed by atoms with E-state index in [0.717, 1.165) is 55.3 Å². The topological polar surface area (TPSA) is 32.8 Å². The average Bonchev–Trinajstić information content (AvgIpc) is 3.30. The van der Waals surface area contributed by atoms with Gasteiger partial charge in [0.1, 0.15) is 4.32 Å². The van der Waals surface area contributed by atoms with Crippen molar-refractivity contribution in [3.05, 3.63) is 49.5 Å². The highest BCUT2D eigenvalue weighted by Crippen LogP contribution is 2.37. The lowest BCUT2D eigenvalue weighted by Gasteiger charge is -2.27. The van der Waals surface area contributed by atoms with Gasteiger partial charge in [-0.1, -0.05) is 47.2 Å². The van der Waals surface area contributed by atoms with Crippen molar-refractivity contribution in [2.45, 2.75) is 6.42 Å². The minimum absolute atomic E-state index is 0.0114. The number of carbonyl (C=O) groups excluding carboxylic acids is 1. The van der Waals surface area contributed by atoms with Crippen LogP contribution in [0.1, 0.15) is 11.3 Å². The van der Waals surface area contributed by atoms with E-state index in [0.29, 0.717) is 25.8 Å². The molecule has 2 aliphatic rings. The lowest BCUT2D eigenvalue weighted by molar-refractivity contribution is -0.122. The first-order valence-electron chi connectivity index (χ1n) is 9.61. The average molecular weight is 500 g/mol. The highest BCUT2D eigenvalue weighted by Gasteiger charge is 2.31. The molecule has 158 valence electrons. The Hall–Kier alpha value is -0.930. The number of thioether (sulfide) groups is 1. The number of thiophene rings is 1. The summed E-state index contributed by atoms with van der Waals surface area (Å²) < 4.78 is 6.00. The van der Waals surface area contributed by atoms with Gasteiger partial charge in [-0.05, 0) is 47.7 Å². The van der Waals surface area contributed by atoms with Crippen LogP contribution in [-0.4, -0.2) is 59.4 Å². The highest BCUT2D eigenvalue weighted by molar-refractivity contribution is 8.26. The Bertz CT molecular complexity index is 986. The SMILES string of the molecule is O=C1/C(=C/c2cc(-c3cc(Cl)ccc3Cl)cs2)SC(=S)N1CCCN1CCOCC1. The van der Waals surface area contributed by atoms with Gasteiger partial charge in [0.2, 0.25) is 0 Å². The fourth-order valence-electron chi connectivity index (χ4n) is 3.39. The molecule has 0 unspecified atom stereocenters. The van der Waals surface area contributed by atoms with Gasteiger partial charge in [0, 0.05) is 46.7 Å². The molecule has 2 fully saturated rings. The number of rotatable bonds is 6. The molecule has 1 amide bonds. The standard InChI is InChI=1S/C21H20Cl2N2O2S3/c22-15-2-3-18(23)17(11-15)14-10-16(29-13-14)12-19-20(26)25(21(28)30-19)5-1-4-24-6-8-27-9-7-24/h2-3,10-13H,1,4-9H2/b19-12-. The zero-order valence-corrected chi connectivity index (χ0v) is 20.1. The number of benzene rings is 1. The second-order valence-electron chi connectivity index (χ2n) is 7.00. The molecule has 0 radical (unpaired) electrons. The Morgan fingerprint density at radius 1 is 1.17 bits per heavy atom. The van der Waals surface area contributed by atoms with E-state index in [1.807, 2.05) is 23.6 Å². The van der Waals surface area contributed by atoms with E-state index in [-0.39, 0.29) is 5.91 Å². The van der Waals surface area contributed by atoms with Crippen LogP contribution in [0, 0.1) is 0 Å². The van der Waals surface area contributed by atoms with Gasteiger partial charge >= 0.3 is 0 Å². The molecule has 1 aromatic carbocycles. The Kier molecular flexibility index (Phi) is 7.52. The number of carbonyl (C=O) groups is 1. The molecular weight excluding hydrogens is 479 g/mol. The van der Waals surface area contributed by atoms with Crippen LogP contribution in [0.4, 0.5) is 0 Å². The zero-order chi connectivity index (χ0) is 21.1. The van der Waals surface area contributed by atoms with Crippen molar-refractivity contribution in [2.24, 2.45) is 0 Å². The molecular formula is C21H20Cl2N2O2S3. The van der Waals surface area contributed by atoms with Crippen LogP contribution in [0.15, 0.2) is 34.6 Å². The fraction of sp³-hybridized carbons (Fsp3) is 0.333. The summed E-state index contributed by atoms with van der Waals surface area (Å²) in [6.07, 6.45) is 2.81. The van der Waals surface area contributed by atoms with Crippen molar-refractivity contribution in [3.63, 3.8) is 0 Å². The molecule has 3 heterocycles. The molecule has 9 heteroatoms. The normalized spacial score (nSPS) is 19.3. The maximum atomic E-state index is 12.9. The number of amides is 1. The summed E-state index contributed by atoms with van der Waals surface area (Å²) in [5.41, 5.74) is 1.87. The van der Waals surface area contributed by atoms with Crippen molar-refractivity contribution in [1.29, 1.82) is 0 Å². The van der Waals surface area contributed by atoms with Crippen LogP contribution < -0.4 is 0 Å². The first kappa shape index (κ1) is 22.3. The highest BCUT2D eigenvalue weighted by atomic mass is 35.5. The zero-order valence-electron chi connectivity index (χ0n) is 16.1. The van der Waals surface area contributed by atoms with Gasteiger partial charge in [0.25, 0.3) is 5.91 Å². The molecule has 2 aromatic rings. The molecule has 0 atom stereocenters. The predicted octanol–water partition coefficient (Wildman–Crippen LogP) is 5.65. The van der Waals surface area contributed by atoms with Gasteiger partial charge < -0.3 is 4.74 Å². The maximum absolute atomic E-state index is 12.9. The summed E-state index contributed by atoms with van der Waals surface area (Å²) in [7, 11) is 0. The van der Waals surface area contributed by atoms with E-state index in [2.05, 4.69) is 4.90 Å². The molecule has 0 spiro atoms. The van der Waals surface area contributed by atoms with Crippen molar-refractivity contribution < 1.29 is 9.53 Å². The molecule has 2 aliphatic heterocycles. The Morgan fingerprint density at radius 2 is 1.97 bits per heavy atom. The van der Waals surface area contributed by atoms with Gasteiger partial charge in [-0.2, -0.15) is 0 Å². The summed E-state index contributed by atoms with van der Waals surface area (Å²) in [5.74, 6) is -0.0114. The van der Waals surface area contributed by atoms with Crippen LogP contribution >= 0.6 is 58.5 Å². The van der Waals surface area contributed by atoms with Crippen LogP contribution in [0.2, 0.25) is 10.0 Å². The van der Waals surface area contributed by atoms with Crippen molar-refractivity contribution >= 4 is 74.8 Å². The van der Waals surface area contributed by atoms with Crippen LogP contribution in [0.5, 0.6) is 0 Å². The number of ether oxygens (including phenoxy) is 1. The fourth-order valence-corrected chi connectivity index (χ4v) is 6.00. The molecule has 4 rings (SSSR count). The van der Waals surface area contributed by atoms with E-state index in [9.17, 15) is 4.79 Å². The summed E-state index contributed by atoms with van der Waals surface area (Å²) in [5, 5.41) is 3.31. The number of hydrogen-bond acceptors (Lipinski definition) is 6. The number of hydrogen-bond donors (Lipinski definition) is 0. The molecule has 2 saturated heterocycles. The monoisotopic (exact) mass is 498 g/mol. The third kappa shape index (κ3) is 5.27. The second-order valence-corrected chi connectivity index (χ2v) is 10.5. The van der Waals surface area contributed by atoms with Gasteiger partial charge in [0.15, 0.2) is 0 Å². The number of halogens is 2. The summed E-state index contributed by atoms with van der Waals surface area (Å²) in [4.78, 5) is 18.6. The van der Waals surface area contributed by atoms with Crippen LogP contribution in [0.3, 0.4) is 0 Å². The number of nitrogens with zero attached hydrogens (tertiary/aromatic N) is 2. The molecule has 0 bridgehead atoms. The van der Waals surface area contributed by atoms with Crippen molar-refractivity contribution in [2.75, 3.05) is 39.4 Å². The smallest absolute Gasteiger partial charge is 0.266 e. The van der Waals surface area contributed by atoms with Gasteiger partial charge in [0.05, 0.1) is 18.1 Å². The predicted molar refractivity (Wildman–Crippen MR) is 132 cm³/mol. The van der Waals surface area contributed by atoms with Crippen LogP contribution in [-0.2, 0) is 9.53 Å². The Labute approximate surface area is 199 Å². The number of thiocarbonyl (C=S) groups is 1. The van der Waals surface area contributed by atoms with Crippen LogP contribution in [0.25, 0.3) is 17.2 Å². The largest absolute Gasteiger partial charge is 0.379 e. The first-order valence-corrected chi connectivity index (χ1v) is 12.5. The second kappa shape index (κ2) is 10.1. The lowest BCUT2D eigenvalue weighted by atomic mass is 10.1. The van der Waals surface area contributed by atoms with E-state index >= 15 is 0 Å². The Morgan fingerprint density at radius 3 is 2.77 bits per heavy atom. The molecule has 30 heavy (non-hydrogen) atoms. The minimum atomic E-state index is -0.0114. The van der Waals surface area contributed by atoms with Gasteiger partial charge in [-0.3, -0.25) is 14.6 Å². The van der Waals surface area contributed by atoms with Gasteiger partial charge in [-0.15, -0.1) is 11.3 Å². The van der Waals surface area contributed by atoms with E-state index in [1.165, 1.54) is 11.8 Å². The van der Waals surface area contributed by atoms with E-state index in [4.69, 9.17) is 40.2 Å². The number of morpholine rings is 1. The molecule has 0 N–H and O–H groups in total. The summed E-state index contributed by atoms with van der Waals surface area (Å²) in [6.45, 7) is 5.08. The third-order valence-electron chi connectivity index (χ3n) is 4.97. The van der Waals surface area contributed by atoms with Gasteiger partial charge in [-0.25, -0.2) is 0 Å². The summed E-state index contributed by atoms with van der Waals surface area (Å²) in [6, 6.07) is 7.43. The molecule has 0 aliphatic carbocycles. The minimum Gasteiger partial charge on any atom is -0.379 e.